The van der Waals surface area contributed by atoms with Gasteiger partial charge in [0, 0.05) is 20.2 Å². The third kappa shape index (κ3) is 5.21. The molecule has 21 heavy (non-hydrogen) atoms. The van der Waals surface area contributed by atoms with Gasteiger partial charge in [-0.15, -0.1) is 0 Å². The van der Waals surface area contributed by atoms with E-state index in [2.05, 4.69) is 16.7 Å². The van der Waals surface area contributed by atoms with Crippen molar-refractivity contribution in [2.45, 2.75) is 6.42 Å². The molecule has 0 fully saturated rings. The lowest BCUT2D eigenvalue weighted by Crippen LogP contribution is -2.31. The Kier molecular flexibility index (Phi) is 6.24. The maximum atomic E-state index is 11.5. The van der Waals surface area contributed by atoms with E-state index in [0.29, 0.717) is 18.9 Å². The van der Waals surface area contributed by atoms with Gasteiger partial charge in [0.1, 0.15) is 5.75 Å². The van der Waals surface area contributed by atoms with E-state index in [1.807, 2.05) is 24.3 Å². The Bertz CT molecular complexity index is 483. The number of nitrogens with one attached hydrogen (secondary N) is 2. The predicted octanol–water partition coefficient (Wildman–Crippen LogP) is 1.20. The van der Waals surface area contributed by atoms with Gasteiger partial charge in [0.2, 0.25) is 0 Å². The standard InChI is InChI=1S/C16H22N2O3/c1-20-11-10-18-16(19)12-21-15-4-2-13(3-5-15)14-6-8-17-9-7-14/h2-6,17H,7-12H2,1H3,(H,18,19). The van der Waals surface area contributed by atoms with Crippen molar-refractivity contribution in [3.05, 3.63) is 35.9 Å². The minimum Gasteiger partial charge on any atom is -0.484 e. The maximum Gasteiger partial charge on any atom is 0.258 e. The summed E-state index contributed by atoms with van der Waals surface area (Å²) in [4.78, 5) is 11.5. The molecule has 0 bridgehead atoms. The molecule has 5 heteroatoms. The highest BCUT2D eigenvalue weighted by Gasteiger charge is 2.06. The zero-order valence-electron chi connectivity index (χ0n) is 12.4. The maximum absolute atomic E-state index is 11.5. The number of amides is 1. The molecule has 1 aromatic rings. The van der Waals surface area contributed by atoms with Crippen molar-refractivity contribution in [2.75, 3.05) is 40.0 Å². The van der Waals surface area contributed by atoms with Gasteiger partial charge < -0.3 is 20.1 Å². The summed E-state index contributed by atoms with van der Waals surface area (Å²) >= 11 is 0. The Labute approximate surface area is 125 Å². The number of hydrogen-bond acceptors (Lipinski definition) is 4. The number of ether oxygens (including phenoxy) is 2. The number of rotatable bonds is 7. The van der Waals surface area contributed by atoms with E-state index >= 15 is 0 Å². The molecule has 114 valence electrons. The largest absolute Gasteiger partial charge is 0.484 e. The lowest BCUT2D eigenvalue weighted by molar-refractivity contribution is -0.123. The highest BCUT2D eigenvalue weighted by molar-refractivity contribution is 5.77. The third-order valence-corrected chi connectivity index (χ3v) is 3.29. The van der Waals surface area contributed by atoms with Crippen molar-refractivity contribution in [3.63, 3.8) is 0 Å². The van der Waals surface area contributed by atoms with Gasteiger partial charge in [0.25, 0.3) is 5.91 Å². The first kappa shape index (κ1) is 15.5. The quantitative estimate of drug-likeness (QED) is 0.741. The van der Waals surface area contributed by atoms with Crippen LogP contribution in [0.15, 0.2) is 30.3 Å². The number of carbonyl (C=O) groups excluding carboxylic acids is 1. The van der Waals surface area contributed by atoms with Crippen molar-refractivity contribution in [2.24, 2.45) is 0 Å². The molecule has 0 aliphatic carbocycles. The Hall–Kier alpha value is -1.85. The Balaban J connectivity index is 1.79. The lowest BCUT2D eigenvalue weighted by Gasteiger charge is -2.14. The van der Waals surface area contributed by atoms with Crippen molar-refractivity contribution >= 4 is 11.5 Å². The zero-order valence-corrected chi connectivity index (χ0v) is 12.4. The van der Waals surface area contributed by atoms with Crippen LogP contribution in [0.4, 0.5) is 0 Å². The van der Waals surface area contributed by atoms with Crippen LogP contribution in [0, 0.1) is 0 Å². The molecule has 1 aliphatic heterocycles. The molecule has 0 spiro atoms. The van der Waals surface area contributed by atoms with Crippen molar-refractivity contribution in [1.29, 1.82) is 0 Å². The second-order valence-corrected chi connectivity index (χ2v) is 4.84. The molecule has 1 heterocycles. The van der Waals surface area contributed by atoms with E-state index in [-0.39, 0.29) is 12.5 Å². The van der Waals surface area contributed by atoms with Gasteiger partial charge in [-0.25, -0.2) is 0 Å². The molecule has 0 saturated carbocycles. The van der Waals surface area contributed by atoms with Gasteiger partial charge in [0.05, 0.1) is 6.61 Å². The molecular formula is C16H22N2O3. The summed E-state index contributed by atoms with van der Waals surface area (Å²) in [7, 11) is 1.60. The highest BCUT2D eigenvalue weighted by atomic mass is 16.5. The molecule has 0 radical (unpaired) electrons. The average molecular weight is 290 g/mol. The van der Waals surface area contributed by atoms with E-state index < -0.39 is 0 Å². The fourth-order valence-electron chi connectivity index (χ4n) is 2.14. The van der Waals surface area contributed by atoms with Crippen LogP contribution in [0.3, 0.4) is 0 Å². The van der Waals surface area contributed by atoms with Gasteiger partial charge in [-0.1, -0.05) is 18.2 Å². The van der Waals surface area contributed by atoms with E-state index in [1.54, 1.807) is 7.11 Å². The first-order chi connectivity index (χ1) is 10.3. The second-order valence-electron chi connectivity index (χ2n) is 4.84. The molecule has 1 aromatic carbocycles. The molecule has 1 amide bonds. The first-order valence-corrected chi connectivity index (χ1v) is 7.18. The molecule has 2 rings (SSSR count). The van der Waals surface area contributed by atoms with Crippen molar-refractivity contribution < 1.29 is 14.3 Å². The van der Waals surface area contributed by atoms with Crippen LogP contribution in [-0.2, 0) is 9.53 Å². The summed E-state index contributed by atoms with van der Waals surface area (Å²) in [6.45, 7) is 2.97. The van der Waals surface area contributed by atoms with Crippen LogP contribution in [-0.4, -0.2) is 45.9 Å². The van der Waals surface area contributed by atoms with Crippen molar-refractivity contribution in [1.82, 2.24) is 10.6 Å². The van der Waals surface area contributed by atoms with Crippen LogP contribution >= 0.6 is 0 Å². The summed E-state index contributed by atoms with van der Waals surface area (Å²) < 4.78 is 10.3. The summed E-state index contributed by atoms with van der Waals surface area (Å²) in [6, 6.07) is 7.88. The summed E-state index contributed by atoms with van der Waals surface area (Å²) in [5.74, 6) is 0.562. The summed E-state index contributed by atoms with van der Waals surface area (Å²) in [5.41, 5.74) is 2.58. The summed E-state index contributed by atoms with van der Waals surface area (Å²) in [6.07, 6.45) is 3.25. The van der Waals surface area contributed by atoms with Crippen LogP contribution in [0.1, 0.15) is 12.0 Å². The molecule has 0 saturated heterocycles. The Morgan fingerprint density at radius 1 is 1.33 bits per heavy atom. The first-order valence-electron chi connectivity index (χ1n) is 7.18. The Morgan fingerprint density at radius 3 is 2.81 bits per heavy atom. The molecule has 2 N–H and O–H groups in total. The van der Waals surface area contributed by atoms with E-state index in [4.69, 9.17) is 9.47 Å². The van der Waals surface area contributed by atoms with Crippen LogP contribution in [0.25, 0.3) is 5.57 Å². The molecule has 0 aromatic heterocycles. The van der Waals surface area contributed by atoms with Gasteiger partial charge in [0.15, 0.2) is 6.61 Å². The van der Waals surface area contributed by atoms with E-state index in [9.17, 15) is 4.79 Å². The number of methoxy groups -OCH3 is 1. The molecule has 5 nitrogen and oxygen atoms in total. The Morgan fingerprint density at radius 2 is 2.14 bits per heavy atom. The molecular weight excluding hydrogens is 268 g/mol. The molecule has 1 aliphatic rings. The van der Waals surface area contributed by atoms with Crippen molar-refractivity contribution in [3.8, 4) is 5.75 Å². The fourth-order valence-corrected chi connectivity index (χ4v) is 2.14. The predicted molar refractivity (Wildman–Crippen MR) is 82.3 cm³/mol. The van der Waals surface area contributed by atoms with Crippen LogP contribution in [0.2, 0.25) is 0 Å². The third-order valence-electron chi connectivity index (χ3n) is 3.29. The van der Waals surface area contributed by atoms with Crippen LogP contribution in [0.5, 0.6) is 5.75 Å². The minimum atomic E-state index is -0.141. The average Bonchev–Trinajstić information content (AvgIpc) is 2.54. The van der Waals surface area contributed by atoms with Gasteiger partial charge >= 0.3 is 0 Å². The summed E-state index contributed by atoms with van der Waals surface area (Å²) in [5, 5.41) is 6.01. The monoisotopic (exact) mass is 290 g/mol. The topological polar surface area (TPSA) is 59.6 Å². The van der Waals surface area contributed by atoms with Crippen LogP contribution < -0.4 is 15.4 Å². The van der Waals surface area contributed by atoms with Gasteiger partial charge in [-0.2, -0.15) is 0 Å². The van der Waals surface area contributed by atoms with Gasteiger partial charge in [-0.3, -0.25) is 4.79 Å². The smallest absolute Gasteiger partial charge is 0.258 e. The highest BCUT2D eigenvalue weighted by Crippen LogP contribution is 2.22. The minimum absolute atomic E-state index is 0.0235. The number of carbonyl (C=O) groups is 1. The zero-order chi connectivity index (χ0) is 14.9. The normalized spacial score (nSPS) is 14.4. The SMILES string of the molecule is COCCNC(=O)COc1ccc(C2=CCNCC2)cc1. The van der Waals surface area contributed by atoms with Gasteiger partial charge in [-0.05, 0) is 36.2 Å². The number of hydrogen-bond donors (Lipinski definition) is 2. The molecule has 0 atom stereocenters. The second kappa shape index (κ2) is 8.44. The van der Waals surface area contributed by atoms with E-state index in [1.165, 1.54) is 11.1 Å². The number of benzene rings is 1. The lowest BCUT2D eigenvalue weighted by atomic mass is 10.0. The fraction of sp³-hybridized carbons (Fsp3) is 0.438. The molecule has 0 unspecified atom stereocenters. The van der Waals surface area contributed by atoms with E-state index in [0.717, 1.165) is 19.5 Å².